The van der Waals surface area contributed by atoms with Crippen LogP contribution in [0.2, 0.25) is 5.02 Å². The van der Waals surface area contributed by atoms with Crippen molar-refractivity contribution in [1.29, 1.82) is 0 Å². The summed E-state index contributed by atoms with van der Waals surface area (Å²) < 4.78 is 13.1. The number of rotatable bonds is 4. The highest BCUT2D eigenvalue weighted by atomic mass is 79.9. The molecule has 41 heavy (non-hydrogen) atoms. The molecule has 3 atom stereocenters. The molecule has 0 saturated carbocycles. The Bertz CT molecular complexity index is 1720. The van der Waals surface area contributed by atoms with Gasteiger partial charge in [-0.3, -0.25) is 19.2 Å². The van der Waals surface area contributed by atoms with Gasteiger partial charge in [-0.15, -0.1) is 0 Å². The first-order valence-corrected chi connectivity index (χ1v) is 14.0. The van der Waals surface area contributed by atoms with Crippen molar-refractivity contribution in [2.45, 2.75) is 11.7 Å². The predicted octanol–water partition coefficient (Wildman–Crippen LogP) is 6.59. The van der Waals surface area contributed by atoms with Crippen LogP contribution in [0.25, 0.3) is 0 Å². The molecule has 2 heterocycles. The third kappa shape index (κ3) is 3.82. The van der Waals surface area contributed by atoms with Crippen LogP contribution in [0.3, 0.4) is 0 Å². The van der Waals surface area contributed by atoms with Crippen molar-refractivity contribution in [2.24, 2.45) is 11.8 Å². The van der Waals surface area contributed by atoms with Crippen LogP contribution >= 0.6 is 27.5 Å². The van der Waals surface area contributed by atoms with Gasteiger partial charge in [0.1, 0.15) is 11.5 Å². The fourth-order valence-corrected chi connectivity index (χ4v) is 6.42. The van der Waals surface area contributed by atoms with Gasteiger partial charge in [-0.25, -0.2) is 4.90 Å². The summed E-state index contributed by atoms with van der Waals surface area (Å²) >= 11 is 9.48. The van der Waals surface area contributed by atoms with Gasteiger partial charge in [0.2, 0.25) is 29.0 Å². The van der Waals surface area contributed by atoms with Crippen LogP contribution < -0.4 is 9.64 Å². The zero-order valence-corrected chi connectivity index (χ0v) is 23.5. The summed E-state index contributed by atoms with van der Waals surface area (Å²) in [6.45, 7) is 0. The molecular formula is C32H19BrClNO6. The average Bonchev–Trinajstić information content (AvgIpc) is 3.55. The van der Waals surface area contributed by atoms with Crippen molar-refractivity contribution >= 4 is 56.6 Å². The fourth-order valence-electron chi connectivity index (χ4n) is 6.03. The molecule has 7 nitrogen and oxygen atoms in total. The normalized spacial score (nSPS) is 22.4. The summed E-state index contributed by atoms with van der Waals surface area (Å²) in [5.41, 5.74) is -0.926. The predicted molar refractivity (Wildman–Crippen MR) is 153 cm³/mol. The maximum absolute atomic E-state index is 14.1. The second kappa shape index (κ2) is 9.48. The molecular weight excluding hydrogens is 610 g/mol. The second-order valence-corrected chi connectivity index (χ2v) is 11.4. The lowest BCUT2D eigenvalue weighted by Crippen LogP contribution is -2.51. The number of amides is 2. The van der Waals surface area contributed by atoms with Crippen LogP contribution in [0.5, 0.6) is 11.5 Å². The third-order valence-electron chi connectivity index (χ3n) is 7.86. The zero-order valence-electron chi connectivity index (χ0n) is 21.1. The van der Waals surface area contributed by atoms with E-state index in [2.05, 4.69) is 15.9 Å². The van der Waals surface area contributed by atoms with E-state index in [1.165, 1.54) is 0 Å². The van der Waals surface area contributed by atoms with Crippen LogP contribution in [-0.2, 0) is 14.3 Å². The van der Waals surface area contributed by atoms with Gasteiger partial charge in [-0.2, -0.15) is 0 Å². The number of carbonyl (C=O) groups is 4. The highest BCUT2D eigenvalue weighted by Crippen LogP contribution is 2.57. The Balaban J connectivity index is 1.28. The molecule has 0 unspecified atom stereocenters. The lowest BCUT2D eigenvalue weighted by molar-refractivity contribution is -0.127. The molecule has 1 spiro atoms. The minimum absolute atomic E-state index is 0.182. The van der Waals surface area contributed by atoms with Crippen LogP contribution in [0, 0.1) is 11.8 Å². The lowest BCUT2D eigenvalue weighted by atomic mass is 9.77. The SMILES string of the molecule is O=C1[C@@H]2[C@H](c3ccc(Cl)cc3)OC3(C(=O)c4ccccc4C3=O)[C@H]2C(=O)N1c1ccc(Oc2ccc(Br)cc2)cc1. The van der Waals surface area contributed by atoms with E-state index in [1.807, 2.05) is 12.1 Å². The van der Waals surface area contributed by atoms with Gasteiger partial charge >= 0.3 is 0 Å². The molecule has 202 valence electrons. The Kier molecular flexibility index (Phi) is 5.97. The Morgan fingerprint density at radius 3 is 1.88 bits per heavy atom. The molecule has 2 fully saturated rings. The van der Waals surface area contributed by atoms with E-state index in [0.717, 1.165) is 9.37 Å². The van der Waals surface area contributed by atoms with E-state index >= 15 is 0 Å². The number of fused-ring (bicyclic) bond motifs is 3. The van der Waals surface area contributed by atoms with E-state index in [4.69, 9.17) is 21.1 Å². The van der Waals surface area contributed by atoms with Gasteiger partial charge in [-0.05, 0) is 66.2 Å². The summed E-state index contributed by atoms with van der Waals surface area (Å²) in [7, 11) is 0. The summed E-state index contributed by atoms with van der Waals surface area (Å²) in [6, 6.07) is 26.8. The molecule has 0 aromatic heterocycles. The van der Waals surface area contributed by atoms with Gasteiger partial charge < -0.3 is 9.47 Å². The van der Waals surface area contributed by atoms with E-state index in [-0.39, 0.29) is 11.1 Å². The highest BCUT2D eigenvalue weighted by molar-refractivity contribution is 9.10. The summed E-state index contributed by atoms with van der Waals surface area (Å²) in [6.07, 6.45) is -1.01. The summed E-state index contributed by atoms with van der Waals surface area (Å²) in [5, 5.41) is 0.472. The van der Waals surface area contributed by atoms with Crippen LogP contribution in [0.1, 0.15) is 32.4 Å². The largest absolute Gasteiger partial charge is 0.457 e. The molecule has 4 aromatic carbocycles. The summed E-state index contributed by atoms with van der Waals surface area (Å²) in [5.74, 6) is -3.72. The van der Waals surface area contributed by atoms with Crippen LogP contribution in [0.15, 0.2) is 102 Å². The standard InChI is InChI=1S/C32H19BrClNO6/c33-18-7-13-21(14-8-18)40-22-15-11-20(12-16-22)35-30(38)25-26(31(35)39)32(41-27(25)17-5-9-19(34)10-6-17)28(36)23-3-1-2-4-24(23)29(32)37/h1-16,25-27H/t25-,26+,27-/m0/s1. The van der Waals surface area contributed by atoms with Crippen LogP contribution in [0.4, 0.5) is 5.69 Å². The number of nitrogens with zero attached hydrogens (tertiary/aromatic N) is 1. The van der Waals surface area contributed by atoms with Gasteiger partial charge in [0.05, 0.1) is 23.6 Å². The molecule has 1 aliphatic carbocycles. The topological polar surface area (TPSA) is 90.0 Å². The van der Waals surface area contributed by atoms with Gasteiger partial charge in [0, 0.05) is 20.6 Å². The molecule has 4 aromatic rings. The number of anilines is 1. The maximum atomic E-state index is 14.1. The Morgan fingerprint density at radius 2 is 1.29 bits per heavy atom. The summed E-state index contributed by atoms with van der Waals surface area (Å²) in [4.78, 5) is 56.9. The number of carbonyl (C=O) groups excluding carboxylic acids is 4. The molecule has 2 saturated heterocycles. The van der Waals surface area contributed by atoms with Crippen molar-refractivity contribution in [3.8, 4) is 11.5 Å². The first-order valence-electron chi connectivity index (χ1n) is 12.8. The number of imide groups is 1. The van der Waals surface area contributed by atoms with E-state index < -0.39 is 46.9 Å². The number of Topliss-reactive ketones (excluding diaryl/α,β-unsaturated/α-hetero) is 2. The Hall–Kier alpha value is -4.11. The lowest BCUT2D eigenvalue weighted by Gasteiger charge is -2.27. The molecule has 2 amide bonds. The van der Waals surface area contributed by atoms with Crippen molar-refractivity contribution < 1.29 is 28.7 Å². The molecule has 7 rings (SSSR count). The third-order valence-corrected chi connectivity index (χ3v) is 8.64. The smallest absolute Gasteiger partial charge is 0.241 e. The minimum Gasteiger partial charge on any atom is -0.457 e. The molecule has 0 N–H and O–H groups in total. The highest BCUT2D eigenvalue weighted by Gasteiger charge is 2.74. The van der Waals surface area contributed by atoms with Crippen molar-refractivity contribution in [3.05, 3.63) is 123 Å². The van der Waals surface area contributed by atoms with Crippen LogP contribution in [-0.4, -0.2) is 29.0 Å². The van der Waals surface area contributed by atoms with Gasteiger partial charge in [0.15, 0.2) is 0 Å². The zero-order chi connectivity index (χ0) is 28.5. The van der Waals surface area contributed by atoms with E-state index in [0.29, 0.717) is 27.8 Å². The number of benzene rings is 4. The number of halogens is 2. The van der Waals surface area contributed by atoms with Crippen molar-refractivity contribution in [2.75, 3.05) is 4.90 Å². The number of ether oxygens (including phenoxy) is 2. The fraction of sp³-hybridized carbons (Fsp3) is 0.125. The molecule has 0 bridgehead atoms. The van der Waals surface area contributed by atoms with Gasteiger partial charge in [0.25, 0.3) is 0 Å². The monoisotopic (exact) mass is 627 g/mol. The second-order valence-electron chi connectivity index (χ2n) is 10.1. The van der Waals surface area contributed by atoms with Gasteiger partial charge in [-0.1, -0.05) is 63.9 Å². The first kappa shape index (κ1) is 25.8. The number of hydrogen-bond donors (Lipinski definition) is 0. The Labute approximate surface area is 247 Å². The number of hydrogen-bond acceptors (Lipinski definition) is 6. The Morgan fingerprint density at radius 1 is 0.732 bits per heavy atom. The molecule has 0 radical (unpaired) electrons. The first-order chi connectivity index (χ1) is 19.8. The molecule has 2 aliphatic heterocycles. The average molecular weight is 629 g/mol. The van der Waals surface area contributed by atoms with Crippen molar-refractivity contribution in [1.82, 2.24) is 0 Å². The molecule has 9 heteroatoms. The molecule has 3 aliphatic rings. The van der Waals surface area contributed by atoms with E-state index in [1.54, 1.807) is 84.9 Å². The quantitative estimate of drug-likeness (QED) is 0.187. The van der Waals surface area contributed by atoms with Crippen molar-refractivity contribution in [3.63, 3.8) is 0 Å². The minimum atomic E-state index is -2.13. The number of ketones is 2. The maximum Gasteiger partial charge on any atom is 0.241 e. The van der Waals surface area contributed by atoms with E-state index in [9.17, 15) is 19.2 Å².